The predicted octanol–water partition coefficient (Wildman–Crippen LogP) is 3.64. The molecule has 2 rings (SSSR count). The predicted molar refractivity (Wildman–Crippen MR) is 64.4 cm³/mol. The molecule has 0 saturated heterocycles. The normalized spacial score (nSPS) is 13.5. The van der Waals surface area contributed by atoms with Gasteiger partial charge in [-0.05, 0) is 26.1 Å². The van der Waals surface area contributed by atoms with Crippen LogP contribution in [0.5, 0.6) is 0 Å². The van der Waals surface area contributed by atoms with Gasteiger partial charge in [-0.3, -0.25) is 0 Å². The zero-order valence-electron chi connectivity index (χ0n) is 10.5. The average molecular weight is 270 g/mol. The molecular formula is C13H13F3N2O. The molecule has 0 spiro atoms. The zero-order chi connectivity index (χ0) is 14.0. The molecule has 19 heavy (non-hydrogen) atoms. The number of oxazole rings is 1. The Hall–Kier alpha value is -1.82. The highest BCUT2D eigenvalue weighted by molar-refractivity contribution is 5.56. The molecule has 0 aliphatic rings. The Kier molecular flexibility index (Phi) is 3.61. The van der Waals surface area contributed by atoms with E-state index in [-0.39, 0.29) is 6.04 Å². The largest absolute Gasteiger partial charge is 0.439 e. The van der Waals surface area contributed by atoms with Crippen molar-refractivity contribution in [2.24, 2.45) is 0 Å². The first kappa shape index (κ1) is 13.6. The Bertz CT molecular complexity index is 546. The highest BCUT2D eigenvalue weighted by Crippen LogP contribution is 2.31. The SMILES string of the molecule is CNC(C)c1ncc(-c2ccc(C(F)(F)F)cc2)o1. The summed E-state index contributed by atoms with van der Waals surface area (Å²) in [6.45, 7) is 1.88. The van der Waals surface area contributed by atoms with Gasteiger partial charge in [-0.2, -0.15) is 13.2 Å². The third-order valence-electron chi connectivity index (χ3n) is 2.82. The van der Waals surface area contributed by atoms with Gasteiger partial charge >= 0.3 is 6.18 Å². The Morgan fingerprint density at radius 1 is 1.21 bits per heavy atom. The molecule has 102 valence electrons. The van der Waals surface area contributed by atoms with Crippen molar-refractivity contribution in [2.45, 2.75) is 19.1 Å². The summed E-state index contributed by atoms with van der Waals surface area (Å²) in [5, 5.41) is 2.97. The quantitative estimate of drug-likeness (QED) is 0.925. The number of alkyl halides is 3. The first-order valence-electron chi connectivity index (χ1n) is 5.72. The van der Waals surface area contributed by atoms with Crippen molar-refractivity contribution in [1.29, 1.82) is 0 Å². The van der Waals surface area contributed by atoms with E-state index in [9.17, 15) is 13.2 Å². The standard InChI is InChI=1S/C13H13F3N2O/c1-8(17-2)12-18-7-11(19-12)9-3-5-10(6-4-9)13(14,15)16/h3-8,17H,1-2H3. The lowest BCUT2D eigenvalue weighted by atomic mass is 10.1. The molecule has 1 atom stereocenters. The van der Waals surface area contributed by atoms with Crippen LogP contribution in [0.3, 0.4) is 0 Å². The van der Waals surface area contributed by atoms with Crippen LogP contribution in [0.25, 0.3) is 11.3 Å². The first-order chi connectivity index (χ1) is 8.91. The highest BCUT2D eigenvalue weighted by Gasteiger charge is 2.30. The maximum absolute atomic E-state index is 12.4. The fraction of sp³-hybridized carbons (Fsp3) is 0.308. The minimum atomic E-state index is -4.33. The van der Waals surface area contributed by atoms with Crippen LogP contribution < -0.4 is 5.32 Å². The maximum atomic E-state index is 12.4. The molecule has 0 aliphatic carbocycles. The summed E-state index contributed by atoms with van der Waals surface area (Å²) in [5.74, 6) is 0.947. The lowest BCUT2D eigenvalue weighted by Crippen LogP contribution is -2.12. The van der Waals surface area contributed by atoms with Crippen LogP contribution in [0.1, 0.15) is 24.4 Å². The van der Waals surface area contributed by atoms with E-state index in [1.54, 1.807) is 7.05 Å². The molecule has 0 amide bonds. The summed E-state index contributed by atoms with van der Waals surface area (Å²) in [4.78, 5) is 4.08. The molecule has 6 heteroatoms. The number of rotatable bonds is 3. The number of hydrogen-bond acceptors (Lipinski definition) is 3. The van der Waals surface area contributed by atoms with E-state index in [0.29, 0.717) is 17.2 Å². The van der Waals surface area contributed by atoms with Gasteiger partial charge in [0.1, 0.15) is 0 Å². The van der Waals surface area contributed by atoms with Crippen LogP contribution >= 0.6 is 0 Å². The van der Waals surface area contributed by atoms with E-state index >= 15 is 0 Å². The fourth-order valence-corrected chi connectivity index (χ4v) is 1.57. The van der Waals surface area contributed by atoms with Gasteiger partial charge in [-0.1, -0.05) is 12.1 Å². The van der Waals surface area contributed by atoms with Crippen molar-refractivity contribution in [3.05, 3.63) is 41.9 Å². The van der Waals surface area contributed by atoms with Gasteiger partial charge in [0.2, 0.25) is 5.89 Å². The minimum Gasteiger partial charge on any atom is -0.439 e. The second kappa shape index (κ2) is 5.05. The number of nitrogens with zero attached hydrogens (tertiary/aromatic N) is 1. The van der Waals surface area contributed by atoms with Crippen LogP contribution in [0.2, 0.25) is 0 Å². The molecule has 1 N–H and O–H groups in total. The monoisotopic (exact) mass is 270 g/mol. The maximum Gasteiger partial charge on any atom is 0.416 e. The first-order valence-corrected chi connectivity index (χ1v) is 5.72. The summed E-state index contributed by atoms with van der Waals surface area (Å²) in [6, 6.07) is 4.75. The molecule has 3 nitrogen and oxygen atoms in total. The van der Waals surface area contributed by atoms with Gasteiger partial charge in [0, 0.05) is 5.56 Å². The summed E-state index contributed by atoms with van der Waals surface area (Å²) in [6.07, 6.45) is -2.82. The lowest BCUT2D eigenvalue weighted by Gasteiger charge is -2.06. The molecule has 1 unspecified atom stereocenters. The van der Waals surface area contributed by atoms with E-state index in [0.717, 1.165) is 12.1 Å². The number of halogens is 3. The number of aromatic nitrogens is 1. The molecular weight excluding hydrogens is 257 g/mol. The third kappa shape index (κ3) is 2.96. The lowest BCUT2D eigenvalue weighted by molar-refractivity contribution is -0.137. The number of nitrogens with one attached hydrogen (secondary N) is 1. The second-order valence-corrected chi connectivity index (χ2v) is 4.15. The topological polar surface area (TPSA) is 38.1 Å². The molecule has 0 fully saturated rings. The Morgan fingerprint density at radius 2 is 1.84 bits per heavy atom. The van der Waals surface area contributed by atoms with E-state index in [4.69, 9.17) is 4.42 Å². The van der Waals surface area contributed by atoms with Crippen molar-refractivity contribution in [3.8, 4) is 11.3 Å². The van der Waals surface area contributed by atoms with Gasteiger partial charge in [0.15, 0.2) is 5.76 Å². The Labute approximate surface area is 108 Å². The van der Waals surface area contributed by atoms with Gasteiger partial charge in [-0.15, -0.1) is 0 Å². The van der Waals surface area contributed by atoms with Gasteiger partial charge in [0.05, 0.1) is 17.8 Å². The van der Waals surface area contributed by atoms with Gasteiger partial charge in [-0.25, -0.2) is 4.98 Å². The van der Waals surface area contributed by atoms with Crippen LogP contribution in [-0.2, 0) is 6.18 Å². The smallest absolute Gasteiger partial charge is 0.416 e. The molecule has 0 aliphatic heterocycles. The van der Waals surface area contributed by atoms with E-state index in [1.165, 1.54) is 18.3 Å². The summed E-state index contributed by atoms with van der Waals surface area (Å²) < 4.78 is 42.8. The van der Waals surface area contributed by atoms with Crippen LogP contribution in [-0.4, -0.2) is 12.0 Å². The van der Waals surface area contributed by atoms with Crippen molar-refractivity contribution < 1.29 is 17.6 Å². The van der Waals surface area contributed by atoms with Crippen molar-refractivity contribution in [2.75, 3.05) is 7.05 Å². The van der Waals surface area contributed by atoms with Crippen molar-refractivity contribution in [1.82, 2.24) is 10.3 Å². The van der Waals surface area contributed by atoms with E-state index in [2.05, 4.69) is 10.3 Å². The number of hydrogen-bond donors (Lipinski definition) is 1. The second-order valence-electron chi connectivity index (χ2n) is 4.15. The van der Waals surface area contributed by atoms with Crippen molar-refractivity contribution in [3.63, 3.8) is 0 Å². The van der Waals surface area contributed by atoms with E-state index in [1.807, 2.05) is 6.92 Å². The van der Waals surface area contributed by atoms with Gasteiger partial charge in [0.25, 0.3) is 0 Å². The molecule has 0 bridgehead atoms. The molecule has 1 heterocycles. The van der Waals surface area contributed by atoms with Crippen molar-refractivity contribution >= 4 is 0 Å². The Balaban J connectivity index is 2.25. The fourth-order valence-electron chi connectivity index (χ4n) is 1.57. The molecule has 0 radical (unpaired) electrons. The van der Waals surface area contributed by atoms with Gasteiger partial charge < -0.3 is 9.73 Å². The minimum absolute atomic E-state index is 0.0526. The van der Waals surface area contributed by atoms with E-state index < -0.39 is 11.7 Å². The summed E-state index contributed by atoms with van der Waals surface area (Å²) in [5.41, 5.74) is -0.116. The van der Waals surface area contributed by atoms with Crippen LogP contribution in [0, 0.1) is 0 Å². The number of benzene rings is 1. The summed E-state index contributed by atoms with van der Waals surface area (Å²) in [7, 11) is 1.77. The Morgan fingerprint density at radius 3 is 2.37 bits per heavy atom. The summed E-state index contributed by atoms with van der Waals surface area (Å²) >= 11 is 0. The third-order valence-corrected chi connectivity index (χ3v) is 2.82. The molecule has 2 aromatic rings. The molecule has 1 aromatic heterocycles. The van der Waals surface area contributed by atoms with Crippen LogP contribution in [0.4, 0.5) is 13.2 Å². The average Bonchev–Trinajstić information content (AvgIpc) is 2.86. The molecule has 0 saturated carbocycles. The van der Waals surface area contributed by atoms with Crippen LogP contribution in [0.15, 0.2) is 34.9 Å². The molecule has 1 aromatic carbocycles. The zero-order valence-corrected chi connectivity index (χ0v) is 10.5. The highest BCUT2D eigenvalue weighted by atomic mass is 19.4.